The molecule has 2 rings (SSSR count). The van der Waals surface area contributed by atoms with Crippen LogP contribution in [-0.4, -0.2) is 39.3 Å². The first-order valence-corrected chi connectivity index (χ1v) is 7.74. The molecule has 0 fully saturated rings. The van der Waals surface area contributed by atoms with Gasteiger partial charge in [0.15, 0.2) is 0 Å². The summed E-state index contributed by atoms with van der Waals surface area (Å²) in [5, 5.41) is 27.9. The van der Waals surface area contributed by atoms with Crippen LogP contribution in [-0.2, 0) is 22.4 Å². The Morgan fingerprint density at radius 1 is 0.760 bits per heavy atom. The Balaban J connectivity index is 1.98. The lowest BCUT2D eigenvalue weighted by Crippen LogP contribution is -2.53. The number of aliphatic carboxylic acids is 2. The second-order valence-corrected chi connectivity index (χ2v) is 5.63. The molecular weight excluding hydrogens is 324 g/mol. The van der Waals surface area contributed by atoms with E-state index in [-0.39, 0.29) is 18.6 Å². The van der Waals surface area contributed by atoms with E-state index < -0.39 is 24.0 Å². The molecule has 5 N–H and O–H groups in total. The van der Waals surface area contributed by atoms with Gasteiger partial charge in [-0.2, -0.15) is 0 Å². The van der Waals surface area contributed by atoms with E-state index in [1.807, 2.05) is 30.3 Å². The highest BCUT2D eigenvalue weighted by atomic mass is 16.4. The van der Waals surface area contributed by atoms with E-state index >= 15 is 0 Å². The van der Waals surface area contributed by atoms with Gasteiger partial charge in [0.25, 0.3) is 0 Å². The van der Waals surface area contributed by atoms with Crippen molar-refractivity contribution < 1.29 is 24.9 Å². The number of aromatic hydroxyl groups is 1. The number of rotatable bonds is 9. The first-order valence-electron chi connectivity index (χ1n) is 7.74. The summed E-state index contributed by atoms with van der Waals surface area (Å²) in [6.07, 6.45) is 0.356. The predicted octanol–water partition coefficient (Wildman–Crippen LogP) is 1.18. The second-order valence-electron chi connectivity index (χ2n) is 5.63. The number of benzene rings is 2. The summed E-state index contributed by atoms with van der Waals surface area (Å²) in [4.78, 5) is 22.8. The number of phenolic OH excluding ortho intramolecular Hbond substituents is 1. The SMILES string of the molecule is O=C(O)[C@H](Cc1ccccc1)NN[C@@H](Cc1ccc(O)cc1)C(=O)O. The van der Waals surface area contributed by atoms with Crippen molar-refractivity contribution in [2.75, 3.05) is 0 Å². The Morgan fingerprint density at radius 2 is 1.20 bits per heavy atom. The number of nitrogens with one attached hydrogen (secondary N) is 2. The van der Waals surface area contributed by atoms with Crippen molar-refractivity contribution in [1.29, 1.82) is 0 Å². The fraction of sp³-hybridized carbons (Fsp3) is 0.222. The fourth-order valence-corrected chi connectivity index (χ4v) is 2.32. The predicted molar refractivity (Wildman–Crippen MR) is 91.1 cm³/mol. The highest BCUT2D eigenvalue weighted by Crippen LogP contribution is 2.11. The molecular formula is C18H20N2O5. The largest absolute Gasteiger partial charge is 0.508 e. The van der Waals surface area contributed by atoms with Crippen LogP contribution in [0.5, 0.6) is 5.75 Å². The van der Waals surface area contributed by atoms with Gasteiger partial charge in [-0.25, -0.2) is 10.9 Å². The molecule has 0 aliphatic carbocycles. The quantitative estimate of drug-likeness (QED) is 0.433. The van der Waals surface area contributed by atoms with Gasteiger partial charge in [0, 0.05) is 0 Å². The molecule has 7 nitrogen and oxygen atoms in total. The Hall–Kier alpha value is -2.90. The van der Waals surface area contributed by atoms with E-state index in [9.17, 15) is 24.9 Å². The molecule has 0 unspecified atom stereocenters. The van der Waals surface area contributed by atoms with Gasteiger partial charge in [0.05, 0.1) is 0 Å². The first kappa shape index (κ1) is 18.4. The third-order valence-corrected chi connectivity index (χ3v) is 3.69. The van der Waals surface area contributed by atoms with Crippen molar-refractivity contribution in [2.24, 2.45) is 0 Å². The van der Waals surface area contributed by atoms with Gasteiger partial charge >= 0.3 is 11.9 Å². The van der Waals surface area contributed by atoms with Crippen molar-refractivity contribution in [1.82, 2.24) is 10.9 Å². The van der Waals surface area contributed by atoms with Crippen LogP contribution in [0.2, 0.25) is 0 Å². The molecule has 0 spiro atoms. The smallest absolute Gasteiger partial charge is 0.322 e. The van der Waals surface area contributed by atoms with Gasteiger partial charge in [0.1, 0.15) is 17.8 Å². The Kier molecular flexibility index (Phi) is 6.50. The van der Waals surface area contributed by atoms with Crippen molar-refractivity contribution in [3.63, 3.8) is 0 Å². The maximum absolute atomic E-state index is 11.4. The number of carbonyl (C=O) groups is 2. The van der Waals surface area contributed by atoms with Crippen LogP contribution in [0.15, 0.2) is 54.6 Å². The molecule has 2 atom stereocenters. The second kappa shape index (κ2) is 8.81. The maximum atomic E-state index is 11.4. The summed E-state index contributed by atoms with van der Waals surface area (Å²) in [7, 11) is 0. The molecule has 0 bridgehead atoms. The third-order valence-electron chi connectivity index (χ3n) is 3.69. The molecule has 2 aromatic rings. The van der Waals surface area contributed by atoms with Crippen LogP contribution in [0.25, 0.3) is 0 Å². The topological polar surface area (TPSA) is 119 Å². The average Bonchev–Trinajstić information content (AvgIpc) is 2.59. The number of hydrazine groups is 1. The van der Waals surface area contributed by atoms with Crippen molar-refractivity contribution in [2.45, 2.75) is 24.9 Å². The average molecular weight is 344 g/mol. The van der Waals surface area contributed by atoms with Crippen LogP contribution in [0.4, 0.5) is 0 Å². The van der Waals surface area contributed by atoms with Gasteiger partial charge in [-0.3, -0.25) is 9.59 Å². The van der Waals surface area contributed by atoms with E-state index in [0.717, 1.165) is 5.56 Å². The van der Waals surface area contributed by atoms with Crippen molar-refractivity contribution >= 4 is 11.9 Å². The summed E-state index contributed by atoms with van der Waals surface area (Å²) in [6, 6.07) is 13.3. The highest BCUT2D eigenvalue weighted by molar-refractivity contribution is 5.75. The molecule has 0 aliphatic heterocycles. The van der Waals surface area contributed by atoms with Crippen LogP contribution in [0, 0.1) is 0 Å². The van der Waals surface area contributed by atoms with Crippen molar-refractivity contribution in [3.05, 3.63) is 65.7 Å². The van der Waals surface area contributed by atoms with E-state index in [4.69, 9.17) is 0 Å². The van der Waals surface area contributed by atoms with Gasteiger partial charge in [-0.05, 0) is 36.1 Å². The summed E-state index contributed by atoms with van der Waals surface area (Å²) in [5.41, 5.74) is 6.72. The molecule has 0 radical (unpaired) electrons. The van der Waals surface area contributed by atoms with Crippen LogP contribution in [0.1, 0.15) is 11.1 Å². The van der Waals surface area contributed by atoms with E-state index in [1.54, 1.807) is 12.1 Å². The molecule has 0 saturated carbocycles. The lowest BCUT2D eigenvalue weighted by atomic mass is 10.1. The minimum atomic E-state index is -1.11. The third kappa shape index (κ3) is 5.91. The minimum Gasteiger partial charge on any atom is -0.508 e. The zero-order valence-electron chi connectivity index (χ0n) is 13.4. The van der Waals surface area contributed by atoms with E-state index in [0.29, 0.717) is 5.56 Å². The van der Waals surface area contributed by atoms with Crippen molar-refractivity contribution in [3.8, 4) is 5.75 Å². The Labute approximate surface area is 144 Å². The number of hydrogen-bond donors (Lipinski definition) is 5. The lowest BCUT2D eigenvalue weighted by molar-refractivity contribution is -0.143. The van der Waals surface area contributed by atoms with Gasteiger partial charge in [-0.15, -0.1) is 0 Å². The molecule has 25 heavy (non-hydrogen) atoms. The number of carboxylic acid groups (broad SMARTS) is 2. The monoisotopic (exact) mass is 344 g/mol. The van der Waals surface area contributed by atoms with Crippen LogP contribution < -0.4 is 10.9 Å². The minimum absolute atomic E-state index is 0.0931. The maximum Gasteiger partial charge on any atom is 0.322 e. The summed E-state index contributed by atoms with van der Waals surface area (Å²) in [5.74, 6) is -2.09. The molecule has 0 aromatic heterocycles. The Bertz CT molecular complexity index is 703. The zero-order chi connectivity index (χ0) is 18.2. The Morgan fingerprint density at radius 3 is 1.64 bits per heavy atom. The molecule has 7 heteroatoms. The fourth-order valence-electron chi connectivity index (χ4n) is 2.32. The van der Waals surface area contributed by atoms with E-state index in [2.05, 4.69) is 10.9 Å². The highest BCUT2D eigenvalue weighted by Gasteiger charge is 2.22. The van der Waals surface area contributed by atoms with Gasteiger partial charge < -0.3 is 15.3 Å². The first-order chi connectivity index (χ1) is 12.0. The molecule has 0 saturated heterocycles. The van der Waals surface area contributed by atoms with Gasteiger partial charge in [-0.1, -0.05) is 42.5 Å². The van der Waals surface area contributed by atoms with Crippen LogP contribution in [0.3, 0.4) is 0 Å². The molecule has 0 heterocycles. The molecule has 2 aromatic carbocycles. The summed E-state index contributed by atoms with van der Waals surface area (Å²) in [6.45, 7) is 0. The summed E-state index contributed by atoms with van der Waals surface area (Å²) >= 11 is 0. The van der Waals surface area contributed by atoms with E-state index in [1.165, 1.54) is 12.1 Å². The molecule has 0 aliphatic rings. The lowest BCUT2D eigenvalue weighted by Gasteiger charge is -2.20. The number of carboxylic acids is 2. The zero-order valence-corrected chi connectivity index (χ0v) is 13.4. The molecule has 132 valence electrons. The van der Waals surface area contributed by atoms with Crippen LogP contribution >= 0.6 is 0 Å². The molecule has 0 amide bonds. The van der Waals surface area contributed by atoms with Gasteiger partial charge in [0.2, 0.25) is 0 Å². The summed E-state index contributed by atoms with van der Waals surface area (Å²) < 4.78 is 0. The number of phenols is 1. The number of hydrogen-bond acceptors (Lipinski definition) is 5. The standard InChI is InChI=1S/C18H20N2O5/c21-14-8-6-13(7-9-14)11-16(18(24)25)20-19-15(17(22)23)10-12-4-2-1-3-5-12/h1-9,15-16,19-21H,10-11H2,(H,22,23)(H,24,25)/t15-,16-/m0/s1. The normalized spacial score (nSPS) is 13.1.